The number of ether oxygens (including phenoxy) is 1. The summed E-state index contributed by atoms with van der Waals surface area (Å²) >= 11 is 0. The number of hydrogen-bond donors (Lipinski definition) is 1. The molecule has 1 aromatic rings. The summed E-state index contributed by atoms with van der Waals surface area (Å²) in [6.45, 7) is 7.49. The van der Waals surface area contributed by atoms with Crippen LogP contribution in [-0.4, -0.2) is 36.7 Å². The van der Waals surface area contributed by atoms with Crippen molar-refractivity contribution in [3.05, 3.63) is 24.3 Å². The molecule has 0 bridgehead atoms. The Morgan fingerprint density at radius 1 is 1.33 bits per heavy atom. The van der Waals surface area contributed by atoms with Gasteiger partial charge in [-0.1, -0.05) is 12.1 Å². The molecule has 0 amide bonds. The molecule has 1 aliphatic heterocycles. The van der Waals surface area contributed by atoms with Gasteiger partial charge in [0.2, 0.25) is 0 Å². The standard InChI is InChI=1S/C15H24N2O/c1-11(2)18-15-8-6-5-7-14(15)16-13-9-12(3)17(4)10-13/h5-8,11-13,16H,9-10H2,1-4H3. The predicted octanol–water partition coefficient (Wildman–Crippen LogP) is 2.98. The Kier molecular flexibility index (Phi) is 4.12. The van der Waals surface area contributed by atoms with Crippen molar-refractivity contribution >= 4 is 5.69 Å². The van der Waals surface area contributed by atoms with Crippen LogP contribution >= 0.6 is 0 Å². The van der Waals surface area contributed by atoms with Gasteiger partial charge in [-0.25, -0.2) is 0 Å². The minimum atomic E-state index is 0.207. The van der Waals surface area contributed by atoms with Gasteiger partial charge >= 0.3 is 0 Å². The maximum atomic E-state index is 5.83. The summed E-state index contributed by atoms with van der Waals surface area (Å²) in [5.74, 6) is 0.953. The molecule has 1 saturated heterocycles. The fourth-order valence-corrected chi connectivity index (χ4v) is 2.46. The van der Waals surface area contributed by atoms with E-state index in [1.165, 1.54) is 6.42 Å². The predicted molar refractivity (Wildman–Crippen MR) is 76.3 cm³/mol. The Bertz CT molecular complexity index is 382. The van der Waals surface area contributed by atoms with Gasteiger partial charge in [0.15, 0.2) is 0 Å². The first-order valence-corrected chi connectivity index (χ1v) is 6.78. The number of benzene rings is 1. The van der Waals surface area contributed by atoms with E-state index in [1.54, 1.807) is 0 Å². The van der Waals surface area contributed by atoms with Crippen molar-refractivity contribution in [1.29, 1.82) is 0 Å². The molecule has 100 valence electrons. The molecule has 2 atom stereocenters. The third kappa shape index (κ3) is 3.16. The Balaban J connectivity index is 2.05. The molecular formula is C15H24N2O. The van der Waals surface area contributed by atoms with Crippen LogP contribution < -0.4 is 10.1 Å². The SMILES string of the molecule is CC(C)Oc1ccccc1NC1CC(C)N(C)C1. The normalized spacial score (nSPS) is 24.5. The van der Waals surface area contributed by atoms with E-state index in [9.17, 15) is 0 Å². The van der Waals surface area contributed by atoms with Crippen molar-refractivity contribution in [2.45, 2.75) is 45.4 Å². The summed E-state index contributed by atoms with van der Waals surface area (Å²) < 4.78 is 5.83. The number of para-hydroxylation sites is 2. The molecule has 1 fully saturated rings. The Morgan fingerprint density at radius 2 is 2.06 bits per heavy atom. The van der Waals surface area contributed by atoms with Gasteiger partial charge in [0.1, 0.15) is 5.75 Å². The number of anilines is 1. The van der Waals surface area contributed by atoms with Crippen molar-refractivity contribution in [2.75, 3.05) is 18.9 Å². The second-order valence-electron chi connectivity index (χ2n) is 5.53. The van der Waals surface area contributed by atoms with Crippen molar-refractivity contribution < 1.29 is 4.74 Å². The van der Waals surface area contributed by atoms with Crippen LogP contribution in [0, 0.1) is 0 Å². The van der Waals surface area contributed by atoms with Crippen molar-refractivity contribution in [3.63, 3.8) is 0 Å². The fourth-order valence-electron chi connectivity index (χ4n) is 2.46. The van der Waals surface area contributed by atoms with Crippen LogP contribution in [0.3, 0.4) is 0 Å². The van der Waals surface area contributed by atoms with Crippen LogP contribution in [0.1, 0.15) is 27.2 Å². The zero-order valence-corrected chi connectivity index (χ0v) is 11.8. The van der Waals surface area contributed by atoms with Crippen molar-refractivity contribution in [2.24, 2.45) is 0 Å². The molecule has 18 heavy (non-hydrogen) atoms. The Labute approximate surface area is 110 Å². The smallest absolute Gasteiger partial charge is 0.142 e. The zero-order chi connectivity index (χ0) is 13.1. The number of nitrogens with one attached hydrogen (secondary N) is 1. The van der Waals surface area contributed by atoms with Gasteiger partial charge in [-0.15, -0.1) is 0 Å². The lowest BCUT2D eigenvalue weighted by Crippen LogP contribution is -2.25. The molecule has 3 heteroatoms. The molecular weight excluding hydrogens is 224 g/mol. The molecule has 0 radical (unpaired) electrons. The average Bonchev–Trinajstić information content (AvgIpc) is 2.60. The maximum absolute atomic E-state index is 5.83. The van der Waals surface area contributed by atoms with Crippen molar-refractivity contribution in [1.82, 2.24) is 4.90 Å². The van der Waals surface area contributed by atoms with E-state index in [0.29, 0.717) is 12.1 Å². The van der Waals surface area contributed by atoms with E-state index < -0.39 is 0 Å². The highest BCUT2D eigenvalue weighted by molar-refractivity contribution is 5.57. The first-order valence-electron chi connectivity index (χ1n) is 6.78. The summed E-state index contributed by atoms with van der Waals surface area (Å²) in [4.78, 5) is 2.39. The van der Waals surface area contributed by atoms with E-state index in [0.717, 1.165) is 18.0 Å². The molecule has 0 saturated carbocycles. The van der Waals surface area contributed by atoms with Gasteiger partial charge < -0.3 is 15.0 Å². The minimum absolute atomic E-state index is 0.207. The third-order valence-corrected chi connectivity index (χ3v) is 3.50. The number of likely N-dealkylation sites (tertiary alicyclic amines) is 1. The highest BCUT2D eigenvalue weighted by atomic mass is 16.5. The molecule has 0 aromatic heterocycles. The van der Waals surface area contributed by atoms with E-state index in [4.69, 9.17) is 4.74 Å². The second kappa shape index (κ2) is 5.61. The van der Waals surface area contributed by atoms with Crippen LogP contribution in [-0.2, 0) is 0 Å². The van der Waals surface area contributed by atoms with Gasteiger partial charge in [-0.3, -0.25) is 0 Å². The van der Waals surface area contributed by atoms with E-state index >= 15 is 0 Å². The summed E-state index contributed by atoms with van der Waals surface area (Å²) in [5, 5.41) is 3.61. The molecule has 2 rings (SSSR count). The summed E-state index contributed by atoms with van der Waals surface area (Å²) in [7, 11) is 2.18. The van der Waals surface area contributed by atoms with Gasteiger partial charge in [0.25, 0.3) is 0 Å². The highest BCUT2D eigenvalue weighted by Gasteiger charge is 2.26. The number of rotatable bonds is 4. The quantitative estimate of drug-likeness (QED) is 0.886. The monoisotopic (exact) mass is 248 g/mol. The highest BCUT2D eigenvalue weighted by Crippen LogP contribution is 2.28. The number of nitrogens with zero attached hydrogens (tertiary/aromatic N) is 1. The van der Waals surface area contributed by atoms with Gasteiger partial charge in [-0.2, -0.15) is 0 Å². The lowest BCUT2D eigenvalue weighted by atomic mass is 10.2. The van der Waals surface area contributed by atoms with E-state index in [2.05, 4.69) is 50.2 Å². The van der Waals surface area contributed by atoms with Crippen LogP contribution in [0.25, 0.3) is 0 Å². The average molecular weight is 248 g/mol. The minimum Gasteiger partial charge on any atom is -0.489 e. The summed E-state index contributed by atoms with van der Waals surface area (Å²) in [6, 6.07) is 9.37. The van der Waals surface area contributed by atoms with Gasteiger partial charge in [0, 0.05) is 18.6 Å². The van der Waals surface area contributed by atoms with Crippen molar-refractivity contribution in [3.8, 4) is 5.75 Å². The molecule has 0 aliphatic carbocycles. The third-order valence-electron chi connectivity index (χ3n) is 3.50. The number of likely N-dealkylation sites (N-methyl/N-ethyl adjacent to an activating group) is 1. The lowest BCUT2D eigenvalue weighted by molar-refractivity contribution is 0.243. The molecule has 1 aromatic carbocycles. The first kappa shape index (κ1) is 13.2. The summed E-state index contributed by atoms with van der Waals surface area (Å²) in [5.41, 5.74) is 1.11. The zero-order valence-electron chi connectivity index (χ0n) is 11.8. The molecule has 3 nitrogen and oxygen atoms in total. The summed E-state index contributed by atoms with van der Waals surface area (Å²) in [6.07, 6.45) is 1.39. The van der Waals surface area contributed by atoms with Gasteiger partial charge in [-0.05, 0) is 46.4 Å². The maximum Gasteiger partial charge on any atom is 0.142 e. The van der Waals surface area contributed by atoms with Crippen LogP contribution in [0.4, 0.5) is 5.69 Å². The molecule has 0 spiro atoms. The molecule has 1 N–H and O–H groups in total. The van der Waals surface area contributed by atoms with Gasteiger partial charge in [0.05, 0.1) is 11.8 Å². The fraction of sp³-hybridized carbons (Fsp3) is 0.600. The van der Waals surface area contributed by atoms with Crippen LogP contribution in [0.15, 0.2) is 24.3 Å². The molecule has 2 unspecified atom stereocenters. The van der Waals surface area contributed by atoms with Crippen LogP contribution in [0.2, 0.25) is 0 Å². The van der Waals surface area contributed by atoms with E-state index in [-0.39, 0.29) is 6.10 Å². The largest absolute Gasteiger partial charge is 0.489 e. The first-order chi connectivity index (χ1) is 8.56. The topological polar surface area (TPSA) is 24.5 Å². The van der Waals surface area contributed by atoms with Crippen LogP contribution in [0.5, 0.6) is 5.75 Å². The molecule has 1 heterocycles. The Hall–Kier alpha value is -1.22. The molecule has 1 aliphatic rings. The Morgan fingerprint density at radius 3 is 2.67 bits per heavy atom. The second-order valence-corrected chi connectivity index (χ2v) is 5.53. The van der Waals surface area contributed by atoms with E-state index in [1.807, 2.05) is 12.1 Å². The lowest BCUT2D eigenvalue weighted by Gasteiger charge is -2.19. The number of hydrogen-bond acceptors (Lipinski definition) is 3.